The molecule has 0 saturated heterocycles. The molecule has 0 aliphatic heterocycles. The Hall–Kier alpha value is -1.33. The molecule has 0 radical (unpaired) electrons. The van der Waals surface area contributed by atoms with Crippen molar-refractivity contribution < 1.29 is 0 Å². The van der Waals surface area contributed by atoms with Gasteiger partial charge in [-0.1, -0.05) is 47.1 Å². The van der Waals surface area contributed by atoms with Crippen molar-refractivity contribution in [2.75, 3.05) is 0 Å². The molecule has 0 unspecified atom stereocenters. The van der Waals surface area contributed by atoms with Crippen LogP contribution in [0.4, 0.5) is 0 Å². The van der Waals surface area contributed by atoms with Crippen molar-refractivity contribution in [3.05, 3.63) is 74.2 Å². The van der Waals surface area contributed by atoms with Crippen molar-refractivity contribution in [1.29, 1.82) is 0 Å². The summed E-state index contributed by atoms with van der Waals surface area (Å²) in [4.78, 5) is 10.0. The van der Waals surface area contributed by atoms with Gasteiger partial charge in [-0.2, -0.15) is 0 Å². The van der Waals surface area contributed by atoms with Gasteiger partial charge in [0.1, 0.15) is 0 Å². The standard InChI is InChI=1S/C17H12Cl2N2S2/c18-15-4-1-5-16(19)14(15)11-23-17-20-9-8-12(21-17)6-7-13-3-2-10-22-13/h1-10H,11H2/b7-6+. The van der Waals surface area contributed by atoms with Gasteiger partial charge in [0, 0.05) is 26.9 Å². The van der Waals surface area contributed by atoms with Crippen LogP contribution >= 0.6 is 46.3 Å². The van der Waals surface area contributed by atoms with Crippen LogP contribution in [0.1, 0.15) is 16.1 Å². The smallest absolute Gasteiger partial charge is 0.188 e. The molecule has 0 N–H and O–H groups in total. The molecule has 2 nitrogen and oxygen atoms in total. The van der Waals surface area contributed by atoms with Crippen LogP contribution in [0.5, 0.6) is 0 Å². The fraction of sp³-hybridized carbons (Fsp3) is 0.0588. The summed E-state index contributed by atoms with van der Waals surface area (Å²) in [6.07, 6.45) is 5.80. The van der Waals surface area contributed by atoms with Gasteiger partial charge in [0.2, 0.25) is 0 Å². The van der Waals surface area contributed by atoms with E-state index in [1.54, 1.807) is 17.5 Å². The van der Waals surface area contributed by atoms with E-state index >= 15 is 0 Å². The van der Waals surface area contributed by atoms with E-state index in [4.69, 9.17) is 23.2 Å². The number of thiophene rings is 1. The van der Waals surface area contributed by atoms with Crippen LogP contribution in [0, 0.1) is 0 Å². The van der Waals surface area contributed by atoms with Gasteiger partial charge < -0.3 is 0 Å². The van der Waals surface area contributed by atoms with Crippen LogP contribution in [0.15, 0.2) is 53.1 Å². The predicted molar refractivity (Wildman–Crippen MR) is 101 cm³/mol. The summed E-state index contributed by atoms with van der Waals surface area (Å²) in [5.41, 5.74) is 1.78. The lowest BCUT2D eigenvalue weighted by atomic mass is 10.2. The van der Waals surface area contributed by atoms with E-state index < -0.39 is 0 Å². The molecular weight excluding hydrogens is 367 g/mol. The zero-order chi connectivity index (χ0) is 16.1. The minimum absolute atomic E-state index is 0.636. The van der Waals surface area contributed by atoms with Crippen LogP contribution in [0.3, 0.4) is 0 Å². The van der Waals surface area contributed by atoms with Crippen molar-refractivity contribution in [3.8, 4) is 0 Å². The van der Waals surface area contributed by atoms with E-state index in [1.165, 1.54) is 16.6 Å². The minimum Gasteiger partial charge on any atom is -0.231 e. The van der Waals surface area contributed by atoms with E-state index in [2.05, 4.69) is 16.0 Å². The Morgan fingerprint density at radius 1 is 1.04 bits per heavy atom. The maximum Gasteiger partial charge on any atom is 0.188 e. The summed E-state index contributed by atoms with van der Waals surface area (Å²) in [6, 6.07) is 11.5. The highest BCUT2D eigenvalue weighted by Crippen LogP contribution is 2.30. The Labute approximate surface area is 153 Å². The molecule has 0 saturated carbocycles. The van der Waals surface area contributed by atoms with Crippen LogP contribution in [0.2, 0.25) is 10.0 Å². The molecule has 2 heterocycles. The first-order valence-electron chi connectivity index (χ1n) is 6.83. The summed E-state index contributed by atoms with van der Waals surface area (Å²) < 4.78 is 0. The number of nitrogens with zero attached hydrogens (tertiary/aromatic N) is 2. The van der Waals surface area contributed by atoms with E-state index in [0.29, 0.717) is 21.0 Å². The third kappa shape index (κ3) is 4.58. The van der Waals surface area contributed by atoms with Gasteiger partial charge in [-0.15, -0.1) is 11.3 Å². The van der Waals surface area contributed by atoms with Crippen molar-refractivity contribution in [2.45, 2.75) is 10.9 Å². The zero-order valence-electron chi connectivity index (χ0n) is 11.9. The normalized spacial score (nSPS) is 11.2. The summed E-state index contributed by atoms with van der Waals surface area (Å²) >= 11 is 15.6. The molecule has 116 valence electrons. The molecule has 0 amide bonds. The largest absolute Gasteiger partial charge is 0.231 e. The lowest BCUT2D eigenvalue weighted by molar-refractivity contribution is 0.957. The minimum atomic E-state index is 0.636. The highest BCUT2D eigenvalue weighted by Gasteiger charge is 2.07. The molecule has 23 heavy (non-hydrogen) atoms. The number of hydrogen-bond donors (Lipinski definition) is 0. The maximum absolute atomic E-state index is 6.19. The average molecular weight is 379 g/mol. The summed E-state index contributed by atoms with van der Waals surface area (Å²) in [5.74, 6) is 0.636. The molecule has 0 aliphatic rings. The van der Waals surface area contributed by atoms with E-state index in [1.807, 2.05) is 47.9 Å². The second-order valence-electron chi connectivity index (χ2n) is 4.60. The monoisotopic (exact) mass is 378 g/mol. The molecule has 1 aromatic carbocycles. The first kappa shape index (κ1) is 16.5. The van der Waals surface area contributed by atoms with Crippen LogP contribution < -0.4 is 0 Å². The molecule has 0 bridgehead atoms. The number of halogens is 2. The van der Waals surface area contributed by atoms with Gasteiger partial charge in [-0.25, -0.2) is 9.97 Å². The van der Waals surface area contributed by atoms with E-state index in [0.717, 1.165) is 11.3 Å². The topological polar surface area (TPSA) is 25.8 Å². The Bertz CT molecular complexity index is 797. The van der Waals surface area contributed by atoms with Gasteiger partial charge >= 0.3 is 0 Å². The molecule has 0 spiro atoms. The van der Waals surface area contributed by atoms with Crippen molar-refractivity contribution in [2.24, 2.45) is 0 Å². The summed E-state index contributed by atoms with van der Waals surface area (Å²) in [7, 11) is 0. The predicted octanol–water partition coefficient (Wildman–Crippen LogP) is 6.31. The van der Waals surface area contributed by atoms with E-state index in [9.17, 15) is 0 Å². The van der Waals surface area contributed by atoms with Crippen LogP contribution in [-0.2, 0) is 5.75 Å². The first-order chi connectivity index (χ1) is 11.2. The van der Waals surface area contributed by atoms with Crippen LogP contribution in [0.25, 0.3) is 12.2 Å². The summed E-state index contributed by atoms with van der Waals surface area (Å²) in [5, 5.41) is 4.08. The molecule has 0 fully saturated rings. The van der Waals surface area contributed by atoms with Gasteiger partial charge in [0.05, 0.1) is 5.69 Å². The number of aromatic nitrogens is 2. The highest BCUT2D eigenvalue weighted by molar-refractivity contribution is 7.98. The van der Waals surface area contributed by atoms with Gasteiger partial charge in [-0.05, 0) is 47.4 Å². The molecule has 3 aromatic rings. The van der Waals surface area contributed by atoms with E-state index in [-0.39, 0.29) is 0 Å². The third-order valence-corrected chi connectivity index (χ3v) is 5.46. The molecule has 0 aliphatic carbocycles. The molecule has 2 aromatic heterocycles. The van der Waals surface area contributed by atoms with Gasteiger partial charge in [-0.3, -0.25) is 0 Å². The van der Waals surface area contributed by atoms with Crippen LogP contribution in [-0.4, -0.2) is 9.97 Å². The fourth-order valence-corrected chi connectivity index (χ4v) is 4.07. The Kier molecular flexibility index (Phi) is 5.73. The SMILES string of the molecule is Clc1cccc(Cl)c1CSc1nccc(/C=C/c2cccs2)n1. The quantitative estimate of drug-likeness (QED) is 0.384. The number of rotatable bonds is 5. The highest BCUT2D eigenvalue weighted by atomic mass is 35.5. The Morgan fingerprint density at radius 2 is 1.87 bits per heavy atom. The van der Waals surface area contributed by atoms with Crippen molar-refractivity contribution in [1.82, 2.24) is 9.97 Å². The third-order valence-electron chi connectivity index (χ3n) is 3.02. The number of benzene rings is 1. The molecule has 6 heteroatoms. The van der Waals surface area contributed by atoms with Gasteiger partial charge in [0.25, 0.3) is 0 Å². The lowest BCUT2D eigenvalue weighted by Crippen LogP contribution is -1.91. The lowest BCUT2D eigenvalue weighted by Gasteiger charge is -2.06. The van der Waals surface area contributed by atoms with Gasteiger partial charge in [0.15, 0.2) is 5.16 Å². The first-order valence-corrected chi connectivity index (χ1v) is 9.45. The van der Waals surface area contributed by atoms with Crippen molar-refractivity contribution in [3.63, 3.8) is 0 Å². The summed E-state index contributed by atoms with van der Waals surface area (Å²) in [6.45, 7) is 0. The Morgan fingerprint density at radius 3 is 2.61 bits per heavy atom. The second kappa shape index (κ2) is 7.97. The zero-order valence-corrected chi connectivity index (χ0v) is 15.1. The fourth-order valence-electron chi connectivity index (χ4n) is 1.88. The van der Waals surface area contributed by atoms with Crippen molar-refractivity contribution >= 4 is 58.5 Å². The second-order valence-corrected chi connectivity index (χ2v) is 7.34. The average Bonchev–Trinajstić information content (AvgIpc) is 3.06. The maximum atomic E-state index is 6.19. The number of hydrogen-bond acceptors (Lipinski definition) is 4. The molecule has 0 atom stereocenters. The number of thioether (sulfide) groups is 1. The molecule has 3 rings (SSSR count). The Balaban J connectivity index is 1.70. The molecular formula is C17H12Cl2N2S2.